The van der Waals surface area contributed by atoms with Crippen molar-refractivity contribution >= 4 is 33.3 Å². The van der Waals surface area contributed by atoms with E-state index in [0.717, 1.165) is 10.9 Å². The Balaban J connectivity index is 2.06. The van der Waals surface area contributed by atoms with Crippen molar-refractivity contribution in [2.24, 2.45) is 16.6 Å². The fourth-order valence-electron chi connectivity index (χ4n) is 2.62. The lowest BCUT2D eigenvalue weighted by molar-refractivity contribution is 0.199. The molecule has 1 aliphatic heterocycles. The maximum atomic E-state index is 12.0. The van der Waals surface area contributed by atoms with Crippen LogP contribution in [0.5, 0.6) is 0 Å². The zero-order valence-corrected chi connectivity index (χ0v) is 12.4. The van der Waals surface area contributed by atoms with Crippen LogP contribution in [-0.2, 0) is 0 Å². The van der Waals surface area contributed by atoms with Crippen LogP contribution in [0.25, 0.3) is 10.1 Å². The van der Waals surface area contributed by atoms with Crippen LogP contribution in [0.15, 0.2) is 34.6 Å². The van der Waals surface area contributed by atoms with Crippen molar-refractivity contribution in [2.75, 3.05) is 6.54 Å². The van der Waals surface area contributed by atoms with E-state index in [0.29, 0.717) is 18.3 Å². The van der Waals surface area contributed by atoms with Crippen molar-refractivity contribution in [1.29, 1.82) is 0 Å². The first-order valence-corrected chi connectivity index (χ1v) is 7.56. The van der Waals surface area contributed by atoms with E-state index in [9.17, 15) is 4.79 Å². The Morgan fingerprint density at radius 2 is 2.15 bits per heavy atom. The fraction of sp³-hybridized carbons (Fsp3) is 0.333. The highest BCUT2D eigenvalue weighted by atomic mass is 32.1. The van der Waals surface area contributed by atoms with Crippen LogP contribution < -0.4 is 5.73 Å². The number of benzene rings is 1. The molecule has 5 heteroatoms. The van der Waals surface area contributed by atoms with Crippen molar-refractivity contribution in [3.8, 4) is 0 Å². The first-order chi connectivity index (χ1) is 9.58. The van der Waals surface area contributed by atoms with Crippen molar-refractivity contribution in [1.82, 2.24) is 4.90 Å². The minimum atomic E-state index is -0.225. The SMILES string of the molecule is CC(C)CN1C(=O)N=C(N)C1c1csc2ccccc12. The largest absolute Gasteiger partial charge is 0.385 e. The Morgan fingerprint density at radius 3 is 2.90 bits per heavy atom. The smallest absolute Gasteiger partial charge is 0.346 e. The van der Waals surface area contributed by atoms with Gasteiger partial charge in [-0.15, -0.1) is 11.3 Å². The summed E-state index contributed by atoms with van der Waals surface area (Å²) in [7, 11) is 0. The number of carbonyl (C=O) groups excluding carboxylic acids is 1. The van der Waals surface area contributed by atoms with Gasteiger partial charge in [0, 0.05) is 16.8 Å². The minimum absolute atomic E-state index is 0.221. The molecule has 0 fully saturated rings. The molecule has 2 amide bonds. The third-order valence-electron chi connectivity index (χ3n) is 3.43. The van der Waals surface area contributed by atoms with Gasteiger partial charge in [-0.1, -0.05) is 32.0 Å². The number of aliphatic imine (C=N–C) groups is 1. The molecule has 104 valence electrons. The van der Waals surface area contributed by atoms with Crippen LogP contribution in [0, 0.1) is 5.92 Å². The Morgan fingerprint density at radius 1 is 1.40 bits per heavy atom. The summed E-state index contributed by atoms with van der Waals surface area (Å²) in [6.07, 6.45) is 0. The third kappa shape index (κ3) is 2.08. The Kier molecular flexibility index (Phi) is 3.22. The quantitative estimate of drug-likeness (QED) is 0.940. The first-order valence-electron chi connectivity index (χ1n) is 6.68. The van der Waals surface area contributed by atoms with Crippen molar-refractivity contribution in [3.05, 3.63) is 35.2 Å². The molecule has 0 bridgehead atoms. The number of thiophene rings is 1. The number of nitrogens with zero attached hydrogens (tertiary/aromatic N) is 2. The van der Waals surface area contributed by atoms with E-state index < -0.39 is 0 Å². The van der Waals surface area contributed by atoms with Gasteiger partial charge in [0.05, 0.1) is 0 Å². The average Bonchev–Trinajstić information content (AvgIpc) is 2.92. The predicted molar refractivity (Wildman–Crippen MR) is 83.1 cm³/mol. The van der Waals surface area contributed by atoms with E-state index in [1.54, 1.807) is 16.2 Å². The van der Waals surface area contributed by atoms with Crippen LogP contribution in [0.1, 0.15) is 25.5 Å². The minimum Gasteiger partial charge on any atom is -0.385 e. The van der Waals surface area contributed by atoms with Crippen LogP contribution in [0.2, 0.25) is 0 Å². The second-order valence-electron chi connectivity index (χ2n) is 5.46. The summed E-state index contributed by atoms with van der Waals surface area (Å²) < 4.78 is 1.21. The Hall–Kier alpha value is -1.88. The lowest BCUT2D eigenvalue weighted by atomic mass is 10.0. The number of urea groups is 1. The van der Waals surface area contributed by atoms with Crippen LogP contribution >= 0.6 is 11.3 Å². The summed E-state index contributed by atoms with van der Waals surface area (Å²) in [5.41, 5.74) is 7.09. The first kappa shape index (κ1) is 13.1. The summed E-state index contributed by atoms with van der Waals surface area (Å²) in [6.45, 7) is 4.84. The predicted octanol–water partition coefficient (Wildman–Crippen LogP) is 3.39. The highest BCUT2D eigenvalue weighted by molar-refractivity contribution is 7.17. The second-order valence-corrected chi connectivity index (χ2v) is 6.37. The number of hydrogen-bond donors (Lipinski definition) is 1. The van der Waals surface area contributed by atoms with Crippen molar-refractivity contribution in [2.45, 2.75) is 19.9 Å². The molecular formula is C15H17N3OS. The summed E-state index contributed by atoms with van der Waals surface area (Å²) in [4.78, 5) is 17.7. The zero-order valence-electron chi connectivity index (χ0n) is 11.5. The van der Waals surface area contributed by atoms with Gasteiger partial charge in [-0.2, -0.15) is 4.99 Å². The molecule has 0 spiro atoms. The van der Waals surface area contributed by atoms with Crippen molar-refractivity contribution in [3.63, 3.8) is 0 Å². The molecule has 0 saturated carbocycles. The maximum Gasteiger partial charge on any atom is 0.346 e. The monoisotopic (exact) mass is 287 g/mol. The number of carbonyl (C=O) groups is 1. The number of hydrogen-bond acceptors (Lipinski definition) is 3. The molecule has 1 atom stereocenters. The Labute approximate surface area is 121 Å². The zero-order chi connectivity index (χ0) is 14.3. The molecule has 1 unspecified atom stereocenters. The van der Waals surface area contributed by atoms with Gasteiger partial charge in [-0.25, -0.2) is 4.79 Å². The average molecular weight is 287 g/mol. The summed E-state index contributed by atoms with van der Waals surface area (Å²) in [6, 6.07) is 7.74. The molecule has 1 aromatic carbocycles. The standard InChI is InChI=1S/C15H17N3OS/c1-9(2)7-18-13(14(16)17-15(18)19)11-8-20-12-6-4-3-5-10(11)12/h3-6,8-9,13H,7H2,1-2H3,(H2,16,17,19). The number of amides is 2. The van der Waals surface area contributed by atoms with Gasteiger partial charge in [0.1, 0.15) is 11.9 Å². The fourth-order valence-corrected chi connectivity index (χ4v) is 3.60. The molecule has 0 aliphatic carbocycles. The van der Waals surface area contributed by atoms with E-state index in [1.807, 2.05) is 12.1 Å². The molecule has 3 rings (SSSR count). The normalized spacial score (nSPS) is 19.1. The molecule has 20 heavy (non-hydrogen) atoms. The van der Waals surface area contributed by atoms with Gasteiger partial charge in [0.15, 0.2) is 0 Å². The topological polar surface area (TPSA) is 58.7 Å². The van der Waals surface area contributed by atoms with Crippen LogP contribution in [-0.4, -0.2) is 23.3 Å². The number of rotatable bonds is 3. The van der Waals surface area contributed by atoms with Crippen LogP contribution in [0.4, 0.5) is 4.79 Å². The number of amidine groups is 1. The van der Waals surface area contributed by atoms with Gasteiger partial charge < -0.3 is 10.6 Å². The van der Waals surface area contributed by atoms with Gasteiger partial charge in [0.25, 0.3) is 0 Å². The highest BCUT2D eigenvalue weighted by Crippen LogP contribution is 2.36. The molecule has 1 aliphatic rings. The van der Waals surface area contributed by atoms with Gasteiger partial charge in [-0.05, 0) is 22.8 Å². The third-order valence-corrected chi connectivity index (χ3v) is 4.41. The molecule has 1 aromatic heterocycles. The van der Waals surface area contributed by atoms with E-state index >= 15 is 0 Å². The van der Waals surface area contributed by atoms with E-state index in [-0.39, 0.29) is 12.1 Å². The highest BCUT2D eigenvalue weighted by Gasteiger charge is 2.36. The van der Waals surface area contributed by atoms with Gasteiger partial charge >= 0.3 is 6.03 Å². The number of fused-ring (bicyclic) bond motifs is 1. The molecule has 0 radical (unpaired) electrons. The molecular weight excluding hydrogens is 270 g/mol. The van der Waals surface area contributed by atoms with Gasteiger partial charge in [-0.3, -0.25) is 0 Å². The number of nitrogens with two attached hydrogens (primary N) is 1. The molecule has 2 aromatic rings. The van der Waals surface area contributed by atoms with E-state index in [1.165, 1.54) is 4.70 Å². The molecule has 4 nitrogen and oxygen atoms in total. The van der Waals surface area contributed by atoms with E-state index in [2.05, 4.69) is 36.4 Å². The molecule has 2 heterocycles. The van der Waals surface area contributed by atoms with Gasteiger partial charge in [0.2, 0.25) is 0 Å². The summed E-state index contributed by atoms with van der Waals surface area (Å²) >= 11 is 1.68. The summed E-state index contributed by atoms with van der Waals surface area (Å²) in [5, 5.41) is 3.24. The molecule has 0 saturated heterocycles. The van der Waals surface area contributed by atoms with Crippen LogP contribution in [0.3, 0.4) is 0 Å². The van der Waals surface area contributed by atoms with E-state index in [4.69, 9.17) is 5.73 Å². The second kappa shape index (κ2) is 4.90. The lowest BCUT2D eigenvalue weighted by Crippen LogP contribution is -2.35. The molecule has 2 N–H and O–H groups in total. The Bertz CT molecular complexity index is 689. The van der Waals surface area contributed by atoms with Crippen molar-refractivity contribution < 1.29 is 4.79 Å². The maximum absolute atomic E-state index is 12.0. The summed E-state index contributed by atoms with van der Waals surface area (Å²) in [5.74, 6) is 0.784. The lowest BCUT2D eigenvalue weighted by Gasteiger charge is -2.25.